The Morgan fingerprint density at radius 2 is 2.00 bits per heavy atom. The number of nitrogens with zero attached hydrogens (tertiary/aromatic N) is 1. The second kappa shape index (κ2) is 5.45. The van der Waals surface area contributed by atoms with E-state index in [1.807, 2.05) is 0 Å². The summed E-state index contributed by atoms with van der Waals surface area (Å²) in [7, 11) is 0. The number of benzene rings is 1. The fraction of sp³-hybridized carbons (Fsp3) is 0. The van der Waals surface area contributed by atoms with Crippen molar-refractivity contribution in [2.45, 2.75) is 0 Å². The van der Waals surface area contributed by atoms with E-state index in [0.29, 0.717) is 5.56 Å². The van der Waals surface area contributed by atoms with Gasteiger partial charge in [0.25, 0.3) is 5.69 Å². The molecule has 2 aromatic rings. The third kappa shape index (κ3) is 3.05. The summed E-state index contributed by atoms with van der Waals surface area (Å²) in [5, 5.41) is 19.5. The Morgan fingerprint density at radius 1 is 1.26 bits per heavy atom. The SMILES string of the molecule is O=C(O)/C=C/c1ccc(-c2ccccc2[N+](=O)[O-])s1. The molecule has 19 heavy (non-hydrogen) atoms. The maximum absolute atomic E-state index is 10.9. The van der Waals surface area contributed by atoms with Gasteiger partial charge in [0.15, 0.2) is 0 Å². The molecule has 0 saturated carbocycles. The maximum atomic E-state index is 10.9. The standard InChI is InChI=1S/C13H9NO4S/c15-13(16)8-6-9-5-7-12(19-9)10-3-1-2-4-11(10)14(17)18/h1-8H,(H,15,16)/b8-6+. The van der Waals surface area contributed by atoms with Gasteiger partial charge in [0, 0.05) is 21.9 Å². The molecular formula is C13H9NO4S. The monoisotopic (exact) mass is 275 g/mol. The first-order valence-electron chi connectivity index (χ1n) is 5.32. The summed E-state index contributed by atoms with van der Waals surface area (Å²) < 4.78 is 0. The van der Waals surface area contributed by atoms with Crippen molar-refractivity contribution in [1.82, 2.24) is 0 Å². The molecule has 0 aliphatic carbocycles. The number of aliphatic carboxylic acids is 1. The molecule has 0 aliphatic heterocycles. The van der Waals surface area contributed by atoms with Crippen molar-refractivity contribution in [2.24, 2.45) is 0 Å². The molecule has 0 radical (unpaired) electrons. The van der Waals surface area contributed by atoms with Crippen LogP contribution in [-0.4, -0.2) is 16.0 Å². The molecule has 0 saturated heterocycles. The van der Waals surface area contributed by atoms with Gasteiger partial charge in [-0.1, -0.05) is 12.1 Å². The zero-order valence-electron chi connectivity index (χ0n) is 9.65. The predicted molar refractivity (Wildman–Crippen MR) is 73.1 cm³/mol. The fourth-order valence-electron chi connectivity index (χ4n) is 1.58. The molecule has 0 fully saturated rings. The topological polar surface area (TPSA) is 80.4 Å². The number of nitro benzene ring substituents is 1. The van der Waals surface area contributed by atoms with E-state index in [0.717, 1.165) is 15.8 Å². The summed E-state index contributed by atoms with van der Waals surface area (Å²) in [6.07, 6.45) is 2.50. The van der Waals surface area contributed by atoms with Crippen LogP contribution in [0.5, 0.6) is 0 Å². The Balaban J connectivity index is 2.38. The number of carbonyl (C=O) groups is 1. The number of hydrogen-bond acceptors (Lipinski definition) is 4. The van der Waals surface area contributed by atoms with Gasteiger partial charge in [-0.25, -0.2) is 4.79 Å². The van der Waals surface area contributed by atoms with Crippen LogP contribution in [0, 0.1) is 10.1 Å². The summed E-state index contributed by atoms with van der Waals surface area (Å²) in [6, 6.07) is 9.94. The van der Waals surface area contributed by atoms with Crippen LogP contribution in [0.4, 0.5) is 5.69 Å². The number of para-hydroxylation sites is 1. The van der Waals surface area contributed by atoms with E-state index < -0.39 is 10.9 Å². The van der Waals surface area contributed by atoms with Crippen molar-refractivity contribution >= 4 is 29.1 Å². The first-order valence-corrected chi connectivity index (χ1v) is 6.14. The number of hydrogen-bond donors (Lipinski definition) is 1. The molecule has 0 aliphatic rings. The molecule has 0 amide bonds. The lowest BCUT2D eigenvalue weighted by Gasteiger charge is -1.98. The molecule has 1 aromatic heterocycles. The highest BCUT2D eigenvalue weighted by atomic mass is 32.1. The zero-order valence-corrected chi connectivity index (χ0v) is 10.5. The van der Waals surface area contributed by atoms with Gasteiger partial charge >= 0.3 is 5.97 Å². The minimum Gasteiger partial charge on any atom is -0.478 e. The molecule has 0 unspecified atom stereocenters. The second-order valence-electron chi connectivity index (χ2n) is 3.65. The normalized spacial score (nSPS) is 10.7. The maximum Gasteiger partial charge on any atom is 0.328 e. The van der Waals surface area contributed by atoms with Gasteiger partial charge in [-0.05, 0) is 24.3 Å². The molecule has 5 nitrogen and oxygen atoms in total. The highest BCUT2D eigenvalue weighted by Gasteiger charge is 2.15. The molecule has 0 spiro atoms. The molecule has 1 N–H and O–H groups in total. The van der Waals surface area contributed by atoms with Crippen LogP contribution in [-0.2, 0) is 4.79 Å². The van der Waals surface area contributed by atoms with E-state index in [1.165, 1.54) is 23.5 Å². The Labute approximate surface area is 112 Å². The van der Waals surface area contributed by atoms with E-state index in [1.54, 1.807) is 30.3 Å². The summed E-state index contributed by atoms with van der Waals surface area (Å²) in [6.45, 7) is 0. The van der Waals surface area contributed by atoms with Crippen LogP contribution in [0.2, 0.25) is 0 Å². The molecule has 2 rings (SSSR count). The summed E-state index contributed by atoms with van der Waals surface area (Å²) in [5.41, 5.74) is 0.575. The molecule has 1 aromatic carbocycles. The van der Waals surface area contributed by atoms with Gasteiger partial charge in [-0.3, -0.25) is 10.1 Å². The molecule has 96 valence electrons. The van der Waals surface area contributed by atoms with Crippen LogP contribution in [0.25, 0.3) is 16.5 Å². The molecule has 6 heteroatoms. The first-order chi connectivity index (χ1) is 9.08. The highest BCUT2D eigenvalue weighted by Crippen LogP contribution is 2.34. The van der Waals surface area contributed by atoms with Crippen molar-refractivity contribution < 1.29 is 14.8 Å². The zero-order chi connectivity index (χ0) is 13.8. The van der Waals surface area contributed by atoms with Gasteiger partial charge in [0.05, 0.1) is 10.5 Å². The van der Waals surface area contributed by atoms with Crippen LogP contribution in [0.1, 0.15) is 4.88 Å². The molecule has 0 bridgehead atoms. The van der Waals surface area contributed by atoms with Crippen LogP contribution in [0.15, 0.2) is 42.5 Å². The summed E-state index contributed by atoms with van der Waals surface area (Å²) in [5.74, 6) is -1.03. The summed E-state index contributed by atoms with van der Waals surface area (Å²) in [4.78, 5) is 22.4. The molecular weight excluding hydrogens is 266 g/mol. The second-order valence-corrected chi connectivity index (χ2v) is 4.76. The van der Waals surface area contributed by atoms with Crippen molar-refractivity contribution in [2.75, 3.05) is 0 Å². The van der Waals surface area contributed by atoms with E-state index in [-0.39, 0.29) is 5.69 Å². The Kier molecular flexibility index (Phi) is 3.72. The van der Waals surface area contributed by atoms with Gasteiger partial charge in [-0.2, -0.15) is 0 Å². The third-order valence-electron chi connectivity index (χ3n) is 2.38. The number of rotatable bonds is 4. The van der Waals surface area contributed by atoms with Crippen molar-refractivity contribution in [3.8, 4) is 10.4 Å². The molecule has 1 heterocycles. The Morgan fingerprint density at radius 3 is 2.68 bits per heavy atom. The third-order valence-corrected chi connectivity index (χ3v) is 3.47. The van der Waals surface area contributed by atoms with Crippen LogP contribution < -0.4 is 0 Å². The lowest BCUT2D eigenvalue weighted by Crippen LogP contribution is -1.89. The summed E-state index contributed by atoms with van der Waals surface area (Å²) >= 11 is 1.30. The lowest BCUT2D eigenvalue weighted by molar-refractivity contribution is -0.384. The number of carboxylic acid groups (broad SMARTS) is 1. The van der Waals surface area contributed by atoms with Crippen LogP contribution >= 0.6 is 11.3 Å². The van der Waals surface area contributed by atoms with E-state index in [2.05, 4.69) is 0 Å². The average molecular weight is 275 g/mol. The van der Waals surface area contributed by atoms with Gasteiger partial charge in [0.1, 0.15) is 0 Å². The smallest absolute Gasteiger partial charge is 0.328 e. The van der Waals surface area contributed by atoms with Crippen molar-refractivity contribution in [3.63, 3.8) is 0 Å². The first kappa shape index (κ1) is 13.0. The number of nitro groups is 1. The average Bonchev–Trinajstić information content (AvgIpc) is 2.85. The Hall–Kier alpha value is -2.47. The number of carboxylic acids is 1. The minimum atomic E-state index is -1.03. The predicted octanol–water partition coefficient (Wildman–Crippen LogP) is 3.42. The van der Waals surface area contributed by atoms with E-state index in [4.69, 9.17) is 5.11 Å². The van der Waals surface area contributed by atoms with Gasteiger partial charge < -0.3 is 5.11 Å². The lowest BCUT2D eigenvalue weighted by atomic mass is 10.1. The van der Waals surface area contributed by atoms with Gasteiger partial charge in [0.2, 0.25) is 0 Å². The van der Waals surface area contributed by atoms with Crippen molar-refractivity contribution in [3.05, 3.63) is 57.5 Å². The molecule has 0 atom stereocenters. The van der Waals surface area contributed by atoms with Gasteiger partial charge in [-0.15, -0.1) is 11.3 Å². The largest absolute Gasteiger partial charge is 0.478 e. The van der Waals surface area contributed by atoms with Crippen molar-refractivity contribution in [1.29, 1.82) is 0 Å². The highest BCUT2D eigenvalue weighted by molar-refractivity contribution is 7.16. The minimum absolute atomic E-state index is 0.0399. The fourth-order valence-corrected chi connectivity index (χ4v) is 2.53. The quantitative estimate of drug-likeness (QED) is 0.526. The Bertz CT molecular complexity index is 660. The van der Waals surface area contributed by atoms with E-state index >= 15 is 0 Å². The number of thiophene rings is 1. The van der Waals surface area contributed by atoms with E-state index in [9.17, 15) is 14.9 Å². The van der Waals surface area contributed by atoms with Crippen LogP contribution in [0.3, 0.4) is 0 Å².